The minimum absolute atomic E-state index is 0.139. The van der Waals surface area contributed by atoms with E-state index >= 15 is 0 Å². The third kappa shape index (κ3) is 9.65. The lowest BCUT2D eigenvalue weighted by Gasteiger charge is -2.29. The van der Waals surface area contributed by atoms with E-state index in [0.717, 1.165) is 51.7 Å². The number of hydrogen-bond acceptors (Lipinski definition) is 4. The van der Waals surface area contributed by atoms with Gasteiger partial charge in [0, 0.05) is 38.6 Å². The van der Waals surface area contributed by atoms with E-state index in [4.69, 9.17) is 4.74 Å². The standard InChI is InChI=1S/C28H47N3O3/c1-7-16-29(23(3)22-25-13-11-24(8-2)12-14-25)17-9-10-18-30-20-21-31(19-15-26(30)32)27(33)34-28(4,5)6/h11-14,23H,7-10,15-22H2,1-6H3/t23-/m0/s1. The number of nitrogens with zero attached hydrogens (tertiary/aromatic N) is 3. The molecule has 1 aliphatic rings. The molecule has 1 atom stereocenters. The summed E-state index contributed by atoms with van der Waals surface area (Å²) in [4.78, 5) is 31.1. The van der Waals surface area contributed by atoms with Crippen LogP contribution < -0.4 is 0 Å². The first-order chi connectivity index (χ1) is 16.1. The Kier molecular flexibility index (Phi) is 11.4. The van der Waals surface area contributed by atoms with Crippen LogP contribution in [0.4, 0.5) is 4.79 Å². The smallest absolute Gasteiger partial charge is 0.410 e. The zero-order valence-corrected chi connectivity index (χ0v) is 22.4. The second-order valence-corrected chi connectivity index (χ2v) is 10.6. The van der Waals surface area contributed by atoms with Crippen molar-refractivity contribution in [1.29, 1.82) is 0 Å². The number of carbonyl (C=O) groups excluding carboxylic acids is 2. The monoisotopic (exact) mass is 473 g/mol. The largest absolute Gasteiger partial charge is 0.444 e. The Morgan fingerprint density at radius 1 is 1.03 bits per heavy atom. The molecule has 2 rings (SSSR count). The number of ether oxygens (including phenoxy) is 1. The molecule has 0 bridgehead atoms. The van der Waals surface area contributed by atoms with Crippen LogP contribution in [0.5, 0.6) is 0 Å². The zero-order valence-electron chi connectivity index (χ0n) is 22.4. The highest BCUT2D eigenvalue weighted by atomic mass is 16.6. The predicted octanol–water partition coefficient (Wildman–Crippen LogP) is 5.14. The molecule has 0 N–H and O–H groups in total. The van der Waals surface area contributed by atoms with Crippen LogP contribution in [-0.2, 0) is 22.4 Å². The Morgan fingerprint density at radius 2 is 1.71 bits per heavy atom. The molecular formula is C28H47N3O3. The minimum Gasteiger partial charge on any atom is -0.444 e. The third-order valence-electron chi connectivity index (χ3n) is 6.46. The van der Waals surface area contributed by atoms with Gasteiger partial charge in [0.25, 0.3) is 0 Å². The van der Waals surface area contributed by atoms with Crippen LogP contribution >= 0.6 is 0 Å². The maximum Gasteiger partial charge on any atom is 0.410 e. The Balaban J connectivity index is 1.78. The van der Waals surface area contributed by atoms with Gasteiger partial charge in [-0.25, -0.2) is 4.79 Å². The van der Waals surface area contributed by atoms with E-state index in [-0.39, 0.29) is 12.0 Å². The molecule has 1 saturated heterocycles. The van der Waals surface area contributed by atoms with Gasteiger partial charge < -0.3 is 19.4 Å². The Bertz CT molecular complexity index is 757. The SMILES string of the molecule is CCCN(CCCCN1CCN(C(=O)OC(C)(C)C)CCC1=O)[C@@H](C)Cc1ccc(CC)cc1. The molecule has 0 radical (unpaired) electrons. The first kappa shape index (κ1) is 28.2. The second-order valence-electron chi connectivity index (χ2n) is 10.6. The molecule has 1 aliphatic heterocycles. The maximum atomic E-state index is 12.6. The number of unbranched alkanes of at least 4 members (excludes halogenated alkanes) is 1. The molecule has 34 heavy (non-hydrogen) atoms. The highest BCUT2D eigenvalue weighted by molar-refractivity contribution is 5.78. The lowest BCUT2D eigenvalue weighted by atomic mass is 10.0. The molecule has 2 amide bonds. The fraction of sp³-hybridized carbons (Fsp3) is 0.714. The van der Waals surface area contributed by atoms with Gasteiger partial charge in [-0.3, -0.25) is 4.79 Å². The summed E-state index contributed by atoms with van der Waals surface area (Å²) in [6.07, 6.45) is 5.38. The third-order valence-corrected chi connectivity index (χ3v) is 6.46. The van der Waals surface area contributed by atoms with Crippen molar-refractivity contribution >= 4 is 12.0 Å². The van der Waals surface area contributed by atoms with E-state index in [9.17, 15) is 9.59 Å². The lowest BCUT2D eigenvalue weighted by molar-refractivity contribution is -0.130. The fourth-order valence-corrected chi connectivity index (χ4v) is 4.45. The van der Waals surface area contributed by atoms with Crippen molar-refractivity contribution < 1.29 is 14.3 Å². The van der Waals surface area contributed by atoms with Crippen LogP contribution in [0, 0.1) is 0 Å². The molecular weight excluding hydrogens is 426 g/mol. The summed E-state index contributed by atoms with van der Waals surface area (Å²) < 4.78 is 5.48. The lowest BCUT2D eigenvalue weighted by Crippen LogP contribution is -2.39. The van der Waals surface area contributed by atoms with Gasteiger partial charge in [0.2, 0.25) is 5.91 Å². The molecule has 1 fully saturated rings. The summed E-state index contributed by atoms with van der Waals surface area (Å²) in [6.45, 7) is 16.8. The minimum atomic E-state index is -0.520. The summed E-state index contributed by atoms with van der Waals surface area (Å²) >= 11 is 0. The van der Waals surface area contributed by atoms with Crippen LogP contribution in [-0.4, -0.2) is 77.6 Å². The normalized spacial score (nSPS) is 16.0. The number of benzene rings is 1. The highest BCUT2D eigenvalue weighted by Gasteiger charge is 2.27. The molecule has 1 heterocycles. The van der Waals surface area contributed by atoms with E-state index < -0.39 is 5.60 Å². The number of aryl methyl sites for hydroxylation is 1. The van der Waals surface area contributed by atoms with Gasteiger partial charge in [0.1, 0.15) is 5.60 Å². The van der Waals surface area contributed by atoms with Crippen LogP contribution in [0.15, 0.2) is 24.3 Å². The van der Waals surface area contributed by atoms with Gasteiger partial charge in [0.15, 0.2) is 0 Å². The van der Waals surface area contributed by atoms with Gasteiger partial charge in [-0.2, -0.15) is 0 Å². The van der Waals surface area contributed by atoms with E-state index in [0.29, 0.717) is 32.1 Å². The molecule has 0 aliphatic carbocycles. The first-order valence-corrected chi connectivity index (χ1v) is 13.2. The Labute approximate surface area is 207 Å². The average molecular weight is 474 g/mol. The number of hydrogen-bond donors (Lipinski definition) is 0. The van der Waals surface area contributed by atoms with Crippen LogP contribution in [0.1, 0.15) is 78.4 Å². The molecule has 1 aromatic carbocycles. The van der Waals surface area contributed by atoms with Crippen molar-refractivity contribution in [2.45, 2.75) is 91.7 Å². The Hall–Kier alpha value is -2.08. The summed E-state index contributed by atoms with van der Waals surface area (Å²) in [7, 11) is 0. The van der Waals surface area contributed by atoms with E-state index in [1.165, 1.54) is 11.1 Å². The summed E-state index contributed by atoms with van der Waals surface area (Å²) in [5, 5.41) is 0. The molecule has 0 spiro atoms. The van der Waals surface area contributed by atoms with Crippen LogP contribution in [0.2, 0.25) is 0 Å². The molecule has 6 nitrogen and oxygen atoms in total. The Morgan fingerprint density at radius 3 is 2.32 bits per heavy atom. The van der Waals surface area contributed by atoms with Crippen molar-refractivity contribution in [3.05, 3.63) is 35.4 Å². The highest BCUT2D eigenvalue weighted by Crippen LogP contribution is 2.15. The fourth-order valence-electron chi connectivity index (χ4n) is 4.45. The van der Waals surface area contributed by atoms with E-state index in [1.807, 2.05) is 25.7 Å². The molecule has 1 aromatic rings. The summed E-state index contributed by atoms with van der Waals surface area (Å²) in [5.41, 5.74) is 2.27. The van der Waals surface area contributed by atoms with E-state index in [1.54, 1.807) is 4.90 Å². The number of carbonyl (C=O) groups is 2. The topological polar surface area (TPSA) is 53.1 Å². The van der Waals surface area contributed by atoms with Crippen molar-refractivity contribution in [1.82, 2.24) is 14.7 Å². The summed E-state index contributed by atoms with van der Waals surface area (Å²) in [6, 6.07) is 9.52. The maximum absolute atomic E-state index is 12.6. The zero-order chi connectivity index (χ0) is 25.1. The second kappa shape index (κ2) is 13.7. The quantitative estimate of drug-likeness (QED) is 0.418. The van der Waals surface area contributed by atoms with Gasteiger partial charge in [-0.15, -0.1) is 0 Å². The molecule has 0 saturated carbocycles. The molecule has 0 aromatic heterocycles. The van der Waals surface area contributed by atoms with Gasteiger partial charge in [-0.1, -0.05) is 38.1 Å². The van der Waals surface area contributed by atoms with Crippen LogP contribution in [0.3, 0.4) is 0 Å². The van der Waals surface area contributed by atoms with Crippen molar-refractivity contribution in [3.63, 3.8) is 0 Å². The predicted molar refractivity (Wildman–Crippen MR) is 139 cm³/mol. The first-order valence-electron chi connectivity index (χ1n) is 13.2. The number of rotatable bonds is 11. The molecule has 0 unspecified atom stereocenters. The van der Waals surface area contributed by atoms with Gasteiger partial charge in [-0.05, 0) is 84.0 Å². The van der Waals surface area contributed by atoms with Crippen molar-refractivity contribution in [2.24, 2.45) is 0 Å². The molecule has 192 valence electrons. The average Bonchev–Trinajstić information content (AvgIpc) is 2.96. The summed E-state index contributed by atoms with van der Waals surface area (Å²) in [5.74, 6) is 0.139. The van der Waals surface area contributed by atoms with Gasteiger partial charge in [0.05, 0.1) is 0 Å². The number of amides is 2. The van der Waals surface area contributed by atoms with E-state index in [2.05, 4.69) is 49.9 Å². The van der Waals surface area contributed by atoms with Crippen molar-refractivity contribution in [2.75, 3.05) is 39.3 Å². The van der Waals surface area contributed by atoms with Crippen molar-refractivity contribution in [3.8, 4) is 0 Å². The van der Waals surface area contributed by atoms with Crippen LogP contribution in [0.25, 0.3) is 0 Å². The molecule has 6 heteroatoms. The van der Waals surface area contributed by atoms with Gasteiger partial charge >= 0.3 is 6.09 Å².